The quantitative estimate of drug-likeness (QED) is 0.246. The van der Waals surface area contributed by atoms with Crippen LogP contribution in [-0.4, -0.2) is 56.0 Å². The zero-order valence-corrected chi connectivity index (χ0v) is 14.3. The predicted molar refractivity (Wildman–Crippen MR) is 88.6 cm³/mol. The van der Waals surface area contributed by atoms with Crippen LogP contribution in [0.2, 0.25) is 0 Å². The molecule has 8 N–H and O–H groups in total. The Morgan fingerprint density at radius 2 is 1.67 bits per heavy atom. The van der Waals surface area contributed by atoms with Gasteiger partial charge in [0.25, 0.3) is 0 Å². The molecule has 10 nitrogen and oxygen atoms in total. The van der Waals surface area contributed by atoms with Gasteiger partial charge in [-0.1, -0.05) is 13.8 Å². The van der Waals surface area contributed by atoms with E-state index >= 15 is 0 Å². The summed E-state index contributed by atoms with van der Waals surface area (Å²) in [6, 6.07) is -2.23. The molecule has 0 aromatic heterocycles. The minimum absolute atomic E-state index is 0.178. The normalized spacial score (nSPS) is 12.9. The van der Waals surface area contributed by atoms with Gasteiger partial charge < -0.3 is 32.7 Å². The van der Waals surface area contributed by atoms with E-state index in [4.69, 9.17) is 11.5 Å². The van der Waals surface area contributed by atoms with Crippen LogP contribution in [0.4, 0.5) is 4.79 Å². The summed E-state index contributed by atoms with van der Waals surface area (Å²) in [4.78, 5) is 46.3. The van der Waals surface area contributed by atoms with Crippen molar-refractivity contribution >= 4 is 23.8 Å². The molecule has 0 fully saturated rings. The van der Waals surface area contributed by atoms with Gasteiger partial charge in [-0.05, 0) is 18.8 Å². The van der Waals surface area contributed by atoms with Gasteiger partial charge in [0.15, 0.2) is 0 Å². The molecule has 0 aliphatic rings. The third-order valence-corrected chi connectivity index (χ3v) is 3.30. The Labute approximate surface area is 141 Å². The van der Waals surface area contributed by atoms with E-state index in [-0.39, 0.29) is 24.9 Å². The third-order valence-electron chi connectivity index (χ3n) is 3.30. The molecule has 0 radical (unpaired) electrons. The molecule has 0 bridgehead atoms. The molecule has 0 spiro atoms. The highest BCUT2D eigenvalue weighted by Crippen LogP contribution is 2.04. The summed E-state index contributed by atoms with van der Waals surface area (Å²) in [5.41, 5.74) is 10.2. The molecule has 10 heteroatoms. The Morgan fingerprint density at radius 3 is 2.12 bits per heavy atom. The number of carbonyl (C=O) groups is 4. The molecule has 0 saturated carbocycles. The second kappa shape index (κ2) is 11.2. The fraction of sp³-hybridized carbons (Fsp3) is 0.714. The van der Waals surface area contributed by atoms with E-state index in [1.807, 2.05) is 0 Å². The van der Waals surface area contributed by atoms with Gasteiger partial charge in [0, 0.05) is 13.6 Å². The summed E-state index contributed by atoms with van der Waals surface area (Å²) in [7, 11) is 1.46. The molecule has 5 amide bonds. The maximum absolute atomic E-state index is 12.4. The van der Waals surface area contributed by atoms with Gasteiger partial charge in [-0.15, -0.1) is 0 Å². The first kappa shape index (κ1) is 21.6. The fourth-order valence-corrected chi connectivity index (χ4v) is 1.99. The lowest BCUT2D eigenvalue weighted by Crippen LogP contribution is -2.55. The average Bonchev–Trinajstić information content (AvgIpc) is 2.53. The van der Waals surface area contributed by atoms with Gasteiger partial charge in [0.05, 0.1) is 6.54 Å². The van der Waals surface area contributed by atoms with E-state index in [0.717, 1.165) is 0 Å². The second-order valence-corrected chi connectivity index (χ2v) is 5.60. The van der Waals surface area contributed by atoms with Crippen LogP contribution in [0.15, 0.2) is 0 Å². The van der Waals surface area contributed by atoms with Crippen molar-refractivity contribution in [3.05, 3.63) is 0 Å². The smallest absolute Gasteiger partial charge is 0.312 e. The van der Waals surface area contributed by atoms with E-state index in [1.165, 1.54) is 7.05 Å². The van der Waals surface area contributed by atoms with Crippen molar-refractivity contribution in [1.29, 1.82) is 0 Å². The number of amides is 5. The first-order valence-electron chi connectivity index (χ1n) is 7.77. The van der Waals surface area contributed by atoms with E-state index < -0.39 is 29.9 Å². The zero-order valence-electron chi connectivity index (χ0n) is 14.3. The summed E-state index contributed by atoms with van der Waals surface area (Å²) < 4.78 is 0. The van der Waals surface area contributed by atoms with Crippen LogP contribution < -0.4 is 32.7 Å². The van der Waals surface area contributed by atoms with E-state index in [2.05, 4.69) is 21.3 Å². The maximum Gasteiger partial charge on any atom is 0.312 e. The highest BCUT2D eigenvalue weighted by molar-refractivity contribution is 5.92. The van der Waals surface area contributed by atoms with Crippen LogP contribution in [0.5, 0.6) is 0 Å². The molecule has 138 valence electrons. The van der Waals surface area contributed by atoms with Crippen molar-refractivity contribution in [3.8, 4) is 0 Å². The molecule has 0 aliphatic carbocycles. The molecule has 0 saturated heterocycles. The van der Waals surface area contributed by atoms with Gasteiger partial charge in [-0.3, -0.25) is 14.4 Å². The van der Waals surface area contributed by atoms with Crippen molar-refractivity contribution < 1.29 is 19.2 Å². The van der Waals surface area contributed by atoms with Gasteiger partial charge in [0.1, 0.15) is 12.1 Å². The molecule has 0 aromatic carbocycles. The van der Waals surface area contributed by atoms with Crippen molar-refractivity contribution in [3.63, 3.8) is 0 Å². The van der Waals surface area contributed by atoms with Crippen LogP contribution in [0, 0.1) is 5.92 Å². The molecule has 0 aromatic rings. The molecule has 0 rings (SSSR count). The summed E-state index contributed by atoms with van der Waals surface area (Å²) in [5, 5.41) is 10.0. The zero-order chi connectivity index (χ0) is 18.7. The van der Waals surface area contributed by atoms with E-state index in [9.17, 15) is 19.2 Å². The van der Waals surface area contributed by atoms with Gasteiger partial charge >= 0.3 is 6.03 Å². The lowest BCUT2D eigenvalue weighted by atomic mass is 10.0. The molecule has 2 atom stereocenters. The maximum atomic E-state index is 12.4. The predicted octanol–water partition coefficient (Wildman–Crippen LogP) is -2.23. The van der Waals surface area contributed by atoms with Crippen LogP contribution >= 0.6 is 0 Å². The Balaban J connectivity index is 4.78. The van der Waals surface area contributed by atoms with E-state index in [0.29, 0.717) is 12.8 Å². The summed E-state index contributed by atoms with van der Waals surface area (Å²) in [6.45, 7) is 3.60. The van der Waals surface area contributed by atoms with Crippen LogP contribution in [0.25, 0.3) is 0 Å². The first-order chi connectivity index (χ1) is 11.2. The SMILES string of the molecule is CNC(=O)[C@H](CCCNC(N)=O)NC(=O)[C@@H](NC(=O)CN)C(C)C. The number of primary amides is 1. The Kier molecular flexibility index (Phi) is 10.1. The lowest BCUT2D eigenvalue weighted by molar-refractivity contribution is -0.132. The number of likely N-dealkylation sites (N-methyl/N-ethyl adjacent to an activating group) is 1. The molecule has 0 unspecified atom stereocenters. The molecular formula is C14H28N6O4. The minimum Gasteiger partial charge on any atom is -0.357 e. The van der Waals surface area contributed by atoms with Crippen LogP contribution in [0.3, 0.4) is 0 Å². The number of hydrogen-bond donors (Lipinski definition) is 6. The summed E-state index contributed by atoms with van der Waals surface area (Å²) in [5.74, 6) is -1.47. The summed E-state index contributed by atoms with van der Waals surface area (Å²) >= 11 is 0. The molecular weight excluding hydrogens is 316 g/mol. The largest absolute Gasteiger partial charge is 0.357 e. The number of nitrogens with two attached hydrogens (primary N) is 2. The van der Waals surface area contributed by atoms with Gasteiger partial charge in [0.2, 0.25) is 17.7 Å². The number of urea groups is 1. The topological polar surface area (TPSA) is 168 Å². The first-order valence-corrected chi connectivity index (χ1v) is 7.77. The van der Waals surface area contributed by atoms with Crippen molar-refractivity contribution in [1.82, 2.24) is 21.3 Å². The highest BCUT2D eigenvalue weighted by atomic mass is 16.2. The Bertz CT molecular complexity index is 455. The van der Waals surface area contributed by atoms with Gasteiger partial charge in [-0.25, -0.2) is 4.79 Å². The Morgan fingerprint density at radius 1 is 1.04 bits per heavy atom. The minimum atomic E-state index is -0.794. The van der Waals surface area contributed by atoms with Gasteiger partial charge in [-0.2, -0.15) is 0 Å². The monoisotopic (exact) mass is 344 g/mol. The summed E-state index contributed by atoms with van der Waals surface area (Å²) in [6.07, 6.45) is 0.754. The number of carbonyl (C=O) groups excluding carboxylic acids is 4. The van der Waals surface area contributed by atoms with Crippen molar-refractivity contribution in [2.75, 3.05) is 20.1 Å². The average molecular weight is 344 g/mol. The van der Waals surface area contributed by atoms with Crippen LogP contribution in [-0.2, 0) is 14.4 Å². The molecule has 24 heavy (non-hydrogen) atoms. The second-order valence-electron chi connectivity index (χ2n) is 5.60. The lowest BCUT2D eigenvalue weighted by Gasteiger charge is -2.24. The Hall–Kier alpha value is -2.36. The van der Waals surface area contributed by atoms with Crippen molar-refractivity contribution in [2.45, 2.75) is 38.8 Å². The van der Waals surface area contributed by atoms with Crippen molar-refractivity contribution in [2.24, 2.45) is 17.4 Å². The fourth-order valence-electron chi connectivity index (χ4n) is 1.99. The van der Waals surface area contributed by atoms with Crippen LogP contribution in [0.1, 0.15) is 26.7 Å². The number of nitrogens with one attached hydrogen (secondary N) is 4. The standard InChI is InChI=1S/C14H28N6O4/c1-8(2)11(20-10(21)7-15)13(23)19-9(12(22)17-3)5-4-6-18-14(16)24/h8-9,11H,4-7,15H2,1-3H3,(H,17,22)(H,19,23)(H,20,21)(H3,16,18,24)/t9-,11-/m0/s1. The third kappa shape index (κ3) is 8.32. The number of rotatable bonds is 10. The molecule has 0 heterocycles. The highest BCUT2D eigenvalue weighted by Gasteiger charge is 2.27. The molecule has 0 aliphatic heterocycles. The van der Waals surface area contributed by atoms with E-state index in [1.54, 1.807) is 13.8 Å². The number of hydrogen-bond acceptors (Lipinski definition) is 5.